The predicted molar refractivity (Wildman–Crippen MR) is 121 cm³/mol. The smallest absolute Gasteiger partial charge is 0.335 e. The fraction of sp³-hybridized carbons (Fsp3) is 0.0800. The van der Waals surface area contributed by atoms with Gasteiger partial charge in [0.25, 0.3) is 0 Å². The average molecular weight is 429 g/mol. The van der Waals surface area contributed by atoms with Crippen LogP contribution in [-0.4, -0.2) is 26.1 Å². The maximum absolute atomic E-state index is 11.5. The van der Waals surface area contributed by atoms with Crippen LogP contribution in [0.15, 0.2) is 77.8 Å². The third-order valence-electron chi connectivity index (χ3n) is 4.98. The summed E-state index contributed by atoms with van der Waals surface area (Å²) in [5.41, 5.74) is 3.64. The van der Waals surface area contributed by atoms with Crippen molar-refractivity contribution in [3.05, 3.63) is 89.6 Å². The van der Waals surface area contributed by atoms with Crippen molar-refractivity contribution in [2.24, 2.45) is 0 Å². The minimum Gasteiger partial charge on any atom is -0.489 e. The van der Waals surface area contributed by atoms with Gasteiger partial charge in [-0.1, -0.05) is 18.1 Å². The Labute approximate surface area is 182 Å². The summed E-state index contributed by atoms with van der Waals surface area (Å²) in [6.45, 7) is 0.380. The number of hydrogen-bond donors (Lipinski definition) is 1. The van der Waals surface area contributed by atoms with E-state index in [2.05, 4.69) is 5.92 Å². The first-order chi connectivity index (χ1) is 15.0. The number of hydrogen-bond acceptors (Lipinski definition) is 3. The Morgan fingerprint density at radius 1 is 1.10 bits per heavy atom. The SMILES string of the molecule is C#Cc1cn(-c2ccc(C(=O)O)cc2)c2ccc(OCc3ccc(S(C)=O)cc3)cc12. The van der Waals surface area contributed by atoms with Gasteiger partial charge in [0.2, 0.25) is 0 Å². The summed E-state index contributed by atoms with van der Waals surface area (Å²) in [6, 6.07) is 19.8. The molecule has 3 aromatic carbocycles. The molecule has 0 aliphatic rings. The topological polar surface area (TPSA) is 68.5 Å². The molecule has 1 heterocycles. The van der Waals surface area contributed by atoms with E-state index in [1.165, 1.54) is 0 Å². The number of carboxylic acids is 1. The molecule has 0 spiro atoms. The standard InChI is InChI=1S/C25H19NO4S/c1-3-18-15-26(20-8-6-19(7-9-20)25(27)28)24-13-10-21(14-23(18)24)30-16-17-4-11-22(12-5-17)31(2)29/h1,4-15H,16H2,2H3,(H,27,28). The van der Waals surface area contributed by atoms with Gasteiger partial charge in [-0.25, -0.2) is 4.79 Å². The molecule has 6 heteroatoms. The molecule has 5 nitrogen and oxygen atoms in total. The number of benzene rings is 3. The molecule has 0 saturated heterocycles. The van der Waals surface area contributed by atoms with E-state index in [-0.39, 0.29) is 5.56 Å². The summed E-state index contributed by atoms with van der Waals surface area (Å²) in [5.74, 6) is 2.43. The quantitative estimate of drug-likeness (QED) is 0.454. The number of terminal acetylenes is 1. The molecule has 1 N–H and O–H groups in total. The predicted octanol–water partition coefficient (Wildman–Crippen LogP) is 4.63. The van der Waals surface area contributed by atoms with Crippen LogP contribution >= 0.6 is 0 Å². The highest BCUT2D eigenvalue weighted by molar-refractivity contribution is 7.84. The van der Waals surface area contributed by atoms with E-state index < -0.39 is 16.8 Å². The Hall–Kier alpha value is -3.82. The molecule has 0 saturated carbocycles. The van der Waals surface area contributed by atoms with Crippen LogP contribution in [0.5, 0.6) is 5.75 Å². The van der Waals surface area contributed by atoms with E-state index in [1.54, 1.807) is 30.5 Å². The number of nitrogens with zero attached hydrogens (tertiary/aromatic N) is 1. The molecule has 0 amide bonds. The van der Waals surface area contributed by atoms with Crippen LogP contribution in [0, 0.1) is 12.3 Å². The molecule has 0 aliphatic carbocycles. The van der Waals surface area contributed by atoms with E-state index >= 15 is 0 Å². The third-order valence-corrected chi connectivity index (χ3v) is 5.92. The van der Waals surface area contributed by atoms with E-state index in [0.717, 1.165) is 32.6 Å². The Balaban J connectivity index is 1.61. The first kappa shape index (κ1) is 20.5. The lowest BCUT2D eigenvalue weighted by Gasteiger charge is -2.09. The largest absolute Gasteiger partial charge is 0.489 e. The maximum Gasteiger partial charge on any atom is 0.335 e. The normalized spacial score (nSPS) is 11.7. The van der Waals surface area contributed by atoms with Gasteiger partial charge < -0.3 is 14.4 Å². The summed E-state index contributed by atoms with van der Waals surface area (Å²) in [6.07, 6.45) is 9.22. The number of carbonyl (C=O) groups is 1. The van der Waals surface area contributed by atoms with Crippen LogP contribution < -0.4 is 4.74 Å². The lowest BCUT2D eigenvalue weighted by atomic mass is 10.1. The summed E-state index contributed by atoms with van der Waals surface area (Å²) >= 11 is 0. The molecule has 1 unspecified atom stereocenters. The number of ether oxygens (including phenoxy) is 1. The molecule has 31 heavy (non-hydrogen) atoms. The van der Waals surface area contributed by atoms with Crippen molar-refractivity contribution in [3.63, 3.8) is 0 Å². The zero-order chi connectivity index (χ0) is 22.0. The van der Waals surface area contributed by atoms with E-state index in [0.29, 0.717) is 12.4 Å². The zero-order valence-electron chi connectivity index (χ0n) is 16.7. The molecule has 0 radical (unpaired) electrons. The van der Waals surface area contributed by atoms with Crippen LogP contribution in [0.1, 0.15) is 21.5 Å². The van der Waals surface area contributed by atoms with Crippen molar-refractivity contribution in [2.45, 2.75) is 11.5 Å². The van der Waals surface area contributed by atoms with Gasteiger partial charge in [0.1, 0.15) is 12.4 Å². The number of carboxylic acid groups (broad SMARTS) is 1. The van der Waals surface area contributed by atoms with E-state index in [1.807, 2.05) is 53.2 Å². The molecule has 154 valence electrons. The monoisotopic (exact) mass is 429 g/mol. The van der Waals surface area contributed by atoms with Crippen molar-refractivity contribution in [3.8, 4) is 23.8 Å². The number of aromatic nitrogens is 1. The number of rotatable bonds is 6. The van der Waals surface area contributed by atoms with Crippen molar-refractivity contribution in [1.29, 1.82) is 0 Å². The number of aromatic carboxylic acids is 1. The van der Waals surface area contributed by atoms with Crippen molar-refractivity contribution in [1.82, 2.24) is 4.57 Å². The molecule has 4 aromatic rings. The first-order valence-corrected chi connectivity index (χ1v) is 11.0. The summed E-state index contributed by atoms with van der Waals surface area (Å²) in [7, 11) is -1.00. The van der Waals surface area contributed by atoms with Crippen LogP contribution in [0.25, 0.3) is 16.6 Å². The van der Waals surface area contributed by atoms with Crippen molar-refractivity contribution in [2.75, 3.05) is 6.26 Å². The molecule has 0 bridgehead atoms. The molecule has 0 aliphatic heterocycles. The van der Waals surface area contributed by atoms with Gasteiger partial charge in [0.05, 0.1) is 16.6 Å². The minimum absolute atomic E-state index is 0.228. The van der Waals surface area contributed by atoms with Gasteiger partial charge in [-0.3, -0.25) is 4.21 Å². The Morgan fingerprint density at radius 3 is 2.42 bits per heavy atom. The van der Waals surface area contributed by atoms with Gasteiger partial charge in [-0.15, -0.1) is 6.42 Å². The van der Waals surface area contributed by atoms with Crippen LogP contribution in [-0.2, 0) is 17.4 Å². The average Bonchev–Trinajstić information content (AvgIpc) is 3.16. The highest BCUT2D eigenvalue weighted by Crippen LogP contribution is 2.29. The Bertz CT molecular complexity index is 1330. The Kier molecular flexibility index (Phi) is 5.61. The van der Waals surface area contributed by atoms with E-state index in [4.69, 9.17) is 16.3 Å². The molecule has 0 fully saturated rings. The number of fused-ring (bicyclic) bond motifs is 1. The third kappa shape index (κ3) is 4.23. The fourth-order valence-corrected chi connectivity index (χ4v) is 3.86. The summed E-state index contributed by atoms with van der Waals surface area (Å²) in [4.78, 5) is 11.9. The Morgan fingerprint density at radius 2 is 1.81 bits per heavy atom. The molecular weight excluding hydrogens is 410 g/mol. The second-order valence-electron chi connectivity index (χ2n) is 6.97. The highest BCUT2D eigenvalue weighted by atomic mass is 32.2. The molecule has 4 rings (SSSR count). The molecular formula is C25H19NO4S. The van der Waals surface area contributed by atoms with Crippen molar-refractivity contribution >= 4 is 27.7 Å². The van der Waals surface area contributed by atoms with Crippen LogP contribution in [0.3, 0.4) is 0 Å². The second-order valence-corrected chi connectivity index (χ2v) is 8.35. The van der Waals surface area contributed by atoms with Crippen molar-refractivity contribution < 1.29 is 18.8 Å². The fourth-order valence-electron chi connectivity index (χ4n) is 3.34. The van der Waals surface area contributed by atoms with E-state index in [9.17, 15) is 9.00 Å². The highest BCUT2D eigenvalue weighted by Gasteiger charge is 2.11. The van der Waals surface area contributed by atoms with Crippen LogP contribution in [0.2, 0.25) is 0 Å². The molecule has 1 aromatic heterocycles. The molecule has 1 atom stereocenters. The maximum atomic E-state index is 11.5. The summed E-state index contributed by atoms with van der Waals surface area (Å²) < 4.78 is 19.4. The zero-order valence-corrected chi connectivity index (χ0v) is 17.6. The minimum atomic E-state index is -1.00. The lowest BCUT2D eigenvalue weighted by molar-refractivity contribution is 0.0697. The summed E-state index contributed by atoms with van der Waals surface area (Å²) in [5, 5.41) is 9.97. The van der Waals surface area contributed by atoms with Gasteiger partial charge in [0.15, 0.2) is 0 Å². The lowest BCUT2D eigenvalue weighted by Crippen LogP contribution is -1.98. The van der Waals surface area contributed by atoms with Gasteiger partial charge in [-0.05, 0) is 60.2 Å². The van der Waals surface area contributed by atoms with Crippen LogP contribution in [0.4, 0.5) is 0 Å². The van der Waals surface area contributed by atoms with Gasteiger partial charge >= 0.3 is 5.97 Å². The first-order valence-electron chi connectivity index (χ1n) is 9.47. The van der Waals surface area contributed by atoms with Gasteiger partial charge in [0, 0.05) is 39.2 Å². The second kappa shape index (κ2) is 8.50. The van der Waals surface area contributed by atoms with Gasteiger partial charge in [-0.2, -0.15) is 0 Å².